The van der Waals surface area contributed by atoms with Crippen molar-refractivity contribution in [2.45, 2.75) is 24.2 Å². The van der Waals surface area contributed by atoms with Crippen molar-refractivity contribution in [3.05, 3.63) is 29.8 Å². The van der Waals surface area contributed by atoms with Crippen LogP contribution in [-0.4, -0.2) is 11.7 Å². The number of thiol groups is 1. The standard InChI is InChI=1S/C10H14OS/c11-8-2-1-3-9-4-6-10(12)7-5-9/h4-7,11-12H,1-3,8H2. The first-order chi connectivity index (χ1) is 5.83. The third-order valence-corrected chi connectivity index (χ3v) is 2.11. The van der Waals surface area contributed by atoms with E-state index in [1.54, 1.807) is 0 Å². The molecule has 66 valence electrons. The number of rotatable bonds is 4. The smallest absolute Gasteiger partial charge is 0.0431 e. The van der Waals surface area contributed by atoms with Gasteiger partial charge in [0, 0.05) is 11.5 Å². The number of unbranched alkanes of at least 4 members (excludes halogenated alkanes) is 1. The topological polar surface area (TPSA) is 20.2 Å². The van der Waals surface area contributed by atoms with E-state index in [-0.39, 0.29) is 0 Å². The second kappa shape index (κ2) is 5.22. The molecule has 1 N–H and O–H groups in total. The van der Waals surface area contributed by atoms with Gasteiger partial charge in [-0.05, 0) is 37.0 Å². The number of benzene rings is 1. The maximum atomic E-state index is 8.58. The molecular weight excluding hydrogens is 168 g/mol. The Kier molecular flexibility index (Phi) is 4.19. The minimum atomic E-state index is 0.296. The molecule has 2 heteroatoms. The molecule has 0 saturated heterocycles. The van der Waals surface area contributed by atoms with Crippen LogP contribution in [0.5, 0.6) is 0 Å². The van der Waals surface area contributed by atoms with Crippen molar-refractivity contribution in [1.29, 1.82) is 0 Å². The summed E-state index contributed by atoms with van der Waals surface area (Å²) in [6, 6.07) is 8.16. The van der Waals surface area contributed by atoms with Gasteiger partial charge >= 0.3 is 0 Å². The third-order valence-electron chi connectivity index (χ3n) is 1.81. The minimum absolute atomic E-state index is 0.296. The van der Waals surface area contributed by atoms with Crippen LogP contribution in [0.4, 0.5) is 0 Å². The Labute approximate surface area is 78.8 Å². The fourth-order valence-electron chi connectivity index (χ4n) is 1.10. The highest BCUT2D eigenvalue weighted by atomic mass is 32.1. The first-order valence-electron chi connectivity index (χ1n) is 4.21. The van der Waals surface area contributed by atoms with E-state index in [2.05, 4.69) is 24.8 Å². The van der Waals surface area contributed by atoms with Crippen molar-refractivity contribution in [2.75, 3.05) is 6.61 Å². The van der Waals surface area contributed by atoms with E-state index in [4.69, 9.17) is 5.11 Å². The fourth-order valence-corrected chi connectivity index (χ4v) is 1.25. The van der Waals surface area contributed by atoms with Gasteiger partial charge in [0.25, 0.3) is 0 Å². The van der Waals surface area contributed by atoms with E-state index < -0.39 is 0 Å². The molecule has 0 amide bonds. The summed E-state index contributed by atoms with van der Waals surface area (Å²) in [4.78, 5) is 1.00. The van der Waals surface area contributed by atoms with Crippen molar-refractivity contribution < 1.29 is 5.11 Å². The van der Waals surface area contributed by atoms with E-state index in [1.165, 1.54) is 5.56 Å². The first-order valence-corrected chi connectivity index (χ1v) is 4.66. The quantitative estimate of drug-likeness (QED) is 0.541. The summed E-state index contributed by atoms with van der Waals surface area (Å²) in [7, 11) is 0. The van der Waals surface area contributed by atoms with Crippen LogP contribution in [0.15, 0.2) is 29.2 Å². The predicted molar refractivity (Wildman–Crippen MR) is 53.7 cm³/mol. The highest BCUT2D eigenvalue weighted by molar-refractivity contribution is 7.80. The maximum Gasteiger partial charge on any atom is 0.0431 e. The van der Waals surface area contributed by atoms with Crippen molar-refractivity contribution >= 4 is 12.6 Å². The molecule has 0 heterocycles. The summed E-state index contributed by atoms with van der Waals surface area (Å²) in [5.74, 6) is 0. The third kappa shape index (κ3) is 3.28. The molecule has 12 heavy (non-hydrogen) atoms. The normalized spacial score (nSPS) is 10.2. The van der Waals surface area contributed by atoms with Gasteiger partial charge in [0.1, 0.15) is 0 Å². The number of aliphatic hydroxyl groups excluding tert-OH is 1. The lowest BCUT2D eigenvalue weighted by molar-refractivity contribution is 0.284. The monoisotopic (exact) mass is 182 g/mol. The summed E-state index contributed by atoms with van der Waals surface area (Å²) in [5.41, 5.74) is 1.32. The van der Waals surface area contributed by atoms with E-state index >= 15 is 0 Å². The van der Waals surface area contributed by atoms with Crippen molar-refractivity contribution in [1.82, 2.24) is 0 Å². The van der Waals surface area contributed by atoms with Crippen molar-refractivity contribution in [3.8, 4) is 0 Å². The molecule has 0 unspecified atom stereocenters. The van der Waals surface area contributed by atoms with Gasteiger partial charge in [-0.25, -0.2) is 0 Å². The number of aliphatic hydroxyl groups is 1. The molecule has 1 nitrogen and oxygen atoms in total. The molecule has 0 aromatic heterocycles. The average Bonchev–Trinajstić information content (AvgIpc) is 2.09. The van der Waals surface area contributed by atoms with Gasteiger partial charge in [0.05, 0.1) is 0 Å². The largest absolute Gasteiger partial charge is 0.396 e. The highest BCUT2D eigenvalue weighted by Gasteiger charge is 1.92. The molecule has 1 rings (SSSR count). The molecule has 0 atom stereocenters. The summed E-state index contributed by atoms with van der Waals surface area (Å²) in [6.45, 7) is 0.296. The van der Waals surface area contributed by atoms with Crippen molar-refractivity contribution in [2.24, 2.45) is 0 Å². The van der Waals surface area contributed by atoms with Gasteiger partial charge in [0.15, 0.2) is 0 Å². The zero-order chi connectivity index (χ0) is 8.81. The molecule has 0 radical (unpaired) electrons. The fraction of sp³-hybridized carbons (Fsp3) is 0.400. The second-order valence-corrected chi connectivity index (χ2v) is 3.36. The Hall–Kier alpha value is -0.470. The Morgan fingerprint density at radius 3 is 2.33 bits per heavy atom. The van der Waals surface area contributed by atoms with E-state index in [9.17, 15) is 0 Å². The molecular formula is C10H14OS. The molecule has 0 aliphatic carbocycles. The lowest BCUT2D eigenvalue weighted by Crippen LogP contribution is -1.87. The van der Waals surface area contributed by atoms with Gasteiger partial charge < -0.3 is 5.11 Å². The highest BCUT2D eigenvalue weighted by Crippen LogP contribution is 2.09. The summed E-state index contributed by atoms with van der Waals surface area (Å²) >= 11 is 4.20. The van der Waals surface area contributed by atoms with Crippen LogP contribution in [0.25, 0.3) is 0 Å². The van der Waals surface area contributed by atoms with E-state index in [0.29, 0.717) is 6.61 Å². The van der Waals surface area contributed by atoms with Crippen LogP contribution in [0.1, 0.15) is 18.4 Å². The second-order valence-electron chi connectivity index (χ2n) is 2.85. The van der Waals surface area contributed by atoms with Crippen LogP contribution >= 0.6 is 12.6 Å². The SMILES string of the molecule is OCCCCc1ccc(S)cc1. The zero-order valence-corrected chi connectivity index (χ0v) is 7.93. The van der Waals surface area contributed by atoms with Gasteiger partial charge in [-0.2, -0.15) is 0 Å². The Balaban J connectivity index is 2.37. The Bertz CT molecular complexity index is 218. The number of hydrogen-bond donors (Lipinski definition) is 2. The minimum Gasteiger partial charge on any atom is -0.396 e. The van der Waals surface area contributed by atoms with Gasteiger partial charge in [-0.15, -0.1) is 12.6 Å². The van der Waals surface area contributed by atoms with Crippen LogP contribution in [0.3, 0.4) is 0 Å². The summed E-state index contributed by atoms with van der Waals surface area (Å²) < 4.78 is 0. The number of hydrogen-bond acceptors (Lipinski definition) is 2. The van der Waals surface area contributed by atoms with E-state index in [1.807, 2.05) is 12.1 Å². The van der Waals surface area contributed by atoms with Crippen molar-refractivity contribution in [3.63, 3.8) is 0 Å². The Morgan fingerprint density at radius 1 is 1.08 bits per heavy atom. The molecule has 0 fully saturated rings. The lowest BCUT2D eigenvalue weighted by Gasteiger charge is -1.99. The summed E-state index contributed by atoms with van der Waals surface area (Å²) in [5, 5.41) is 8.58. The molecule has 0 bridgehead atoms. The molecule has 0 saturated carbocycles. The lowest BCUT2D eigenvalue weighted by atomic mass is 10.1. The molecule has 0 aliphatic heterocycles. The van der Waals surface area contributed by atoms with Crippen LogP contribution in [0.2, 0.25) is 0 Å². The Morgan fingerprint density at radius 2 is 1.75 bits per heavy atom. The summed E-state index contributed by atoms with van der Waals surface area (Å²) in [6.07, 6.45) is 3.00. The number of aryl methyl sites for hydroxylation is 1. The van der Waals surface area contributed by atoms with Crippen LogP contribution in [0, 0.1) is 0 Å². The molecule has 0 spiro atoms. The van der Waals surface area contributed by atoms with Crippen LogP contribution in [-0.2, 0) is 6.42 Å². The zero-order valence-electron chi connectivity index (χ0n) is 7.03. The molecule has 1 aromatic rings. The van der Waals surface area contributed by atoms with Crippen LogP contribution < -0.4 is 0 Å². The van der Waals surface area contributed by atoms with Gasteiger partial charge in [-0.3, -0.25) is 0 Å². The molecule has 0 aliphatic rings. The average molecular weight is 182 g/mol. The van der Waals surface area contributed by atoms with Gasteiger partial charge in [0.2, 0.25) is 0 Å². The molecule has 1 aromatic carbocycles. The maximum absolute atomic E-state index is 8.58. The van der Waals surface area contributed by atoms with Gasteiger partial charge in [-0.1, -0.05) is 12.1 Å². The first kappa shape index (κ1) is 9.62. The predicted octanol–water partition coefficient (Wildman–Crippen LogP) is 2.29. The van der Waals surface area contributed by atoms with E-state index in [0.717, 1.165) is 24.2 Å².